The third-order valence-corrected chi connectivity index (χ3v) is 5.38. The van der Waals surface area contributed by atoms with Crippen molar-refractivity contribution >= 4 is 11.9 Å². The number of aliphatic hydroxyl groups excluding tert-OH is 1. The van der Waals surface area contributed by atoms with E-state index in [4.69, 9.17) is 9.47 Å². The minimum atomic E-state index is -0.810. The molecule has 3 aromatic rings. The zero-order valence-electron chi connectivity index (χ0n) is 19.8. The Balaban J connectivity index is 1.84. The molecule has 0 aliphatic heterocycles. The molecule has 0 aliphatic rings. The van der Waals surface area contributed by atoms with Crippen molar-refractivity contribution in [3.05, 3.63) is 94.5 Å². The molecule has 0 aromatic heterocycles. The number of carbonyl (C=O) groups is 2. The molecule has 6 heteroatoms. The summed E-state index contributed by atoms with van der Waals surface area (Å²) < 4.78 is 11.2. The topological polar surface area (TPSA) is 84.9 Å². The summed E-state index contributed by atoms with van der Waals surface area (Å²) in [5.41, 5.74) is 3.34. The minimum Gasteiger partial charge on any atom is -0.419 e. The lowest BCUT2D eigenvalue weighted by atomic mass is 10.1. The highest BCUT2D eigenvalue weighted by molar-refractivity contribution is 5.93. The van der Waals surface area contributed by atoms with E-state index < -0.39 is 18.0 Å². The van der Waals surface area contributed by atoms with Gasteiger partial charge in [0.15, 0.2) is 11.5 Å². The normalized spacial score (nSPS) is 11.6. The van der Waals surface area contributed by atoms with Crippen molar-refractivity contribution < 1.29 is 24.2 Å². The van der Waals surface area contributed by atoms with Gasteiger partial charge in [0.05, 0.1) is 17.2 Å². The van der Waals surface area contributed by atoms with E-state index in [2.05, 4.69) is 12.2 Å². The Kier molecular flexibility index (Phi) is 8.96. The van der Waals surface area contributed by atoms with Crippen LogP contribution in [0.5, 0.6) is 11.5 Å². The maximum absolute atomic E-state index is 12.8. The van der Waals surface area contributed by atoms with E-state index in [1.807, 2.05) is 38.1 Å². The Bertz CT molecular complexity index is 1110. The van der Waals surface area contributed by atoms with Gasteiger partial charge in [0.2, 0.25) is 0 Å². The van der Waals surface area contributed by atoms with Gasteiger partial charge in [0.25, 0.3) is 0 Å². The monoisotopic (exact) mass is 461 g/mol. The van der Waals surface area contributed by atoms with Gasteiger partial charge in [-0.25, -0.2) is 9.59 Å². The number of aryl methyl sites for hydroxylation is 2. The highest BCUT2D eigenvalue weighted by Crippen LogP contribution is 2.32. The lowest BCUT2D eigenvalue weighted by Gasteiger charge is -2.16. The van der Waals surface area contributed by atoms with Crippen LogP contribution in [-0.4, -0.2) is 30.1 Å². The molecule has 1 atom stereocenters. The first-order valence-electron chi connectivity index (χ1n) is 11.5. The number of aliphatic hydroxyl groups is 1. The van der Waals surface area contributed by atoms with Gasteiger partial charge >= 0.3 is 11.9 Å². The van der Waals surface area contributed by atoms with Gasteiger partial charge in [0, 0.05) is 6.54 Å². The van der Waals surface area contributed by atoms with Crippen LogP contribution in [0, 0.1) is 13.8 Å². The zero-order valence-corrected chi connectivity index (χ0v) is 19.8. The number of esters is 2. The fourth-order valence-corrected chi connectivity index (χ4v) is 3.25. The number of benzene rings is 3. The van der Waals surface area contributed by atoms with Crippen LogP contribution in [0.1, 0.15) is 63.3 Å². The molecule has 0 amide bonds. The van der Waals surface area contributed by atoms with E-state index in [1.54, 1.807) is 30.3 Å². The van der Waals surface area contributed by atoms with E-state index in [0.29, 0.717) is 23.2 Å². The van der Waals surface area contributed by atoms with E-state index in [1.165, 1.54) is 12.1 Å². The van der Waals surface area contributed by atoms with Crippen LogP contribution >= 0.6 is 0 Å². The number of nitrogens with one attached hydrogen (secondary N) is 1. The van der Waals surface area contributed by atoms with Crippen LogP contribution in [0.2, 0.25) is 0 Å². The minimum absolute atomic E-state index is 0.0659. The first kappa shape index (κ1) is 25.1. The highest BCUT2D eigenvalue weighted by Gasteiger charge is 2.19. The van der Waals surface area contributed by atoms with Crippen molar-refractivity contribution in [2.75, 3.05) is 13.1 Å². The summed E-state index contributed by atoms with van der Waals surface area (Å²) in [5.74, 6) is -0.986. The van der Waals surface area contributed by atoms with Crippen molar-refractivity contribution in [1.82, 2.24) is 5.32 Å². The fourth-order valence-electron chi connectivity index (χ4n) is 3.25. The van der Waals surface area contributed by atoms with Gasteiger partial charge < -0.3 is 19.9 Å². The van der Waals surface area contributed by atoms with Crippen LogP contribution in [-0.2, 0) is 0 Å². The summed E-state index contributed by atoms with van der Waals surface area (Å²) >= 11 is 0. The third kappa shape index (κ3) is 7.01. The number of carbonyl (C=O) groups excluding carboxylic acids is 2. The van der Waals surface area contributed by atoms with Gasteiger partial charge in [-0.2, -0.15) is 0 Å². The van der Waals surface area contributed by atoms with Gasteiger partial charge in [-0.15, -0.1) is 0 Å². The molecule has 178 valence electrons. The predicted octanol–water partition coefficient (Wildman–Crippen LogP) is 5.16. The summed E-state index contributed by atoms with van der Waals surface area (Å²) in [6, 6.07) is 18.7. The molecular weight excluding hydrogens is 430 g/mol. The maximum Gasteiger partial charge on any atom is 0.343 e. The maximum atomic E-state index is 12.8. The summed E-state index contributed by atoms with van der Waals surface area (Å²) in [6.07, 6.45) is 1.26. The van der Waals surface area contributed by atoms with Crippen LogP contribution < -0.4 is 14.8 Å². The number of rotatable bonds is 10. The molecule has 0 spiro atoms. The van der Waals surface area contributed by atoms with Crippen LogP contribution in [0.25, 0.3) is 0 Å². The molecule has 0 aliphatic carbocycles. The molecule has 6 nitrogen and oxygen atoms in total. The summed E-state index contributed by atoms with van der Waals surface area (Å²) in [5, 5.41) is 13.8. The first-order chi connectivity index (χ1) is 16.4. The second-order valence-corrected chi connectivity index (χ2v) is 8.29. The standard InChI is InChI=1S/C28H31NO5/c1-4-5-16-29-18-24(30)23-14-15-25(33-27(31)21-10-6-19(2)7-11-21)26(17-23)34-28(32)22-12-8-20(3)9-13-22/h6-15,17,24,29-30H,4-5,16,18H2,1-3H3. The SMILES string of the molecule is CCCCNCC(O)c1ccc(OC(=O)c2ccc(C)cc2)c(OC(=O)c2ccc(C)cc2)c1. The second-order valence-electron chi connectivity index (χ2n) is 8.29. The number of hydrogen-bond acceptors (Lipinski definition) is 6. The second kappa shape index (κ2) is 12.1. The van der Waals surface area contributed by atoms with E-state index in [9.17, 15) is 14.7 Å². The molecule has 0 saturated heterocycles. The predicted molar refractivity (Wildman–Crippen MR) is 131 cm³/mol. The van der Waals surface area contributed by atoms with Crippen molar-refractivity contribution in [2.24, 2.45) is 0 Å². The molecule has 0 radical (unpaired) electrons. The number of ether oxygens (including phenoxy) is 2. The Morgan fingerprint density at radius 1 is 0.824 bits per heavy atom. The largest absolute Gasteiger partial charge is 0.419 e. The molecule has 0 fully saturated rings. The average molecular weight is 462 g/mol. The van der Waals surface area contributed by atoms with Crippen molar-refractivity contribution in [2.45, 2.75) is 39.7 Å². The van der Waals surface area contributed by atoms with Gasteiger partial charge in [-0.3, -0.25) is 0 Å². The Hall–Kier alpha value is -3.48. The van der Waals surface area contributed by atoms with E-state index >= 15 is 0 Å². The summed E-state index contributed by atoms with van der Waals surface area (Å²) in [7, 11) is 0. The van der Waals surface area contributed by atoms with Crippen LogP contribution in [0.15, 0.2) is 66.7 Å². The molecule has 34 heavy (non-hydrogen) atoms. The fraction of sp³-hybridized carbons (Fsp3) is 0.286. The Morgan fingerprint density at radius 3 is 1.88 bits per heavy atom. The van der Waals surface area contributed by atoms with Crippen LogP contribution in [0.4, 0.5) is 0 Å². The van der Waals surface area contributed by atoms with Crippen molar-refractivity contribution in [3.8, 4) is 11.5 Å². The quantitative estimate of drug-likeness (QED) is 0.246. The highest BCUT2D eigenvalue weighted by atomic mass is 16.6. The lowest BCUT2D eigenvalue weighted by molar-refractivity contribution is 0.0681. The molecule has 0 heterocycles. The molecule has 3 aromatic carbocycles. The van der Waals surface area contributed by atoms with Gasteiger partial charge in [-0.05, 0) is 68.8 Å². The summed E-state index contributed by atoms with van der Waals surface area (Å²) in [4.78, 5) is 25.4. The lowest BCUT2D eigenvalue weighted by Crippen LogP contribution is -2.22. The average Bonchev–Trinajstić information content (AvgIpc) is 2.83. The molecular formula is C28H31NO5. The molecule has 0 bridgehead atoms. The van der Waals surface area contributed by atoms with Gasteiger partial charge in [-0.1, -0.05) is 54.8 Å². The number of unbranched alkanes of at least 4 members (excludes halogenated alkanes) is 1. The Labute approximate surface area is 200 Å². The molecule has 2 N–H and O–H groups in total. The first-order valence-corrected chi connectivity index (χ1v) is 11.5. The smallest absolute Gasteiger partial charge is 0.343 e. The van der Waals surface area contributed by atoms with Crippen molar-refractivity contribution in [1.29, 1.82) is 0 Å². The molecule has 1 unspecified atom stereocenters. The Morgan fingerprint density at radius 2 is 1.35 bits per heavy atom. The molecule has 3 rings (SSSR count). The van der Waals surface area contributed by atoms with E-state index in [-0.39, 0.29) is 11.5 Å². The summed E-state index contributed by atoms with van der Waals surface area (Å²) in [6.45, 7) is 7.11. The van der Waals surface area contributed by atoms with E-state index in [0.717, 1.165) is 30.5 Å². The number of hydrogen-bond donors (Lipinski definition) is 2. The van der Waals surface area contributed by atoms with Crippen molar-refractivity contribution in [3.63, 3.8) is 0 Å². The van der Waals surface area contributed by atoms with Gasteiger partial charge in [0.1, 0.15) is 0 Å². The van der Waals surface area contributed by atoms with Crippen LogP contribution in [0.3, 0.4) is 0 Å². The zero-order chi connectivity index (χ0) is 24.5. The molecule has 0 saturated carbocycles. The third-order valence-electron chi connectivity index (χ3n) is 5.38.